The number of sulfonamides is 1. The van der Waals surface area contributed by atoms with E-state index in [0.717, 1.165) is 12.1 Å². The number of benzene rings is 3. The molecule has 0 radical (unpaired) electrons. The molecule has 2 aliphatic heterocycles. The van der Waals surface area contributed by atoms with Crippen LogP contribution in [0.3, 0.4) is 0 Å². The van der Waals surface area contributed by atoms with Gasteiger partial charge in [-0.15, -0.1) is 0 Å². The summed E-state index contributed by atoms with van der Waals surface area (Å²) in [6.07, 6.45) is -4.56. The normalized spacial score (nSPS) is 18.6. The number of ether oxygens (including phenoxy) is 2. The zero-order valence-electron chi connectivity index (χ0n) is 21.8. The highest BCUT2D eigenvalue weighted by Crippen LogP contribution is 2.38. The van der Waals surface area contributed by atoms with Crippen molar-refractivity contribution in [3.8, 4) is 11.5 Å². The van der Waals surface area contributed by atoms with Crippen LogP contribution in [0.15, 0.2) is 72.8 Å². The molecule has 2 saturated heterocycles. The fourth-order valence-corrected chi connectivity index (χ4v) is 6.34. The number of amides is 2. The highest BCUT2D eigenvalue weighted by molar-refractivity contribution is 7.89. The number of carbonyl (C=O) groups is 1. The van der Waals surface area contributed by atoms with Crippen molar-refractivity contribution in [3.63, 3.8) is 0 Å². The average molecular weight is 610 g/mol. The van der Waals surface area contributed by atoms with E-state index in [-0.39, 0.29) is 37.5 Å². The van der Waals surface area contributed by atoms with Crippen molar-refractivity contribution in [3.05, 3.63) is 88.9 Å². The lowest BCUT2D eigenvalue weighted by Crippen LogP contribution is -2.44. The van der Waals surface area contributed by atoms with Gasteiger partial charge in [0.15, 0.2) is 0 Å². The van der Waals surface area contributed by atoms with Gasteiger partial charge in [-0.2, -0.15) is 17.5 Å². The SMILES string of the molecule is O=C1N(CCS(=O)(=O)N2CCOCC2)CC(c2cccc(C(F)(F)F)c2)N1c1ccc(Oc2ccc(Cl)cc2)cc1. The van der Waals surface area contributed by atoms with Gasteiger partial charge in [-0.3, -0.25) is 4.90 Å². The monoisotopic (exact) mass is 609 g/mol. The van der Waals surface area contributed by atoms with Crippen LogP contribution >= 0.6 is 11.6 Å². The fraction of sp³-hybridized carbons (Fsp3) is 0.321. The van der Waals surface area contributed by atoms with Crippen LogP contribution in [0.25, 0.3) is 0 Å². The first kappa shape index (κ1) is 29.2. The highest BCUT2D eigenvalue weighted by atomic mass is 35.5. The van der Waals surface area contributed by atoms with E-state index in [1.54, 1.807) is 48.5 Å². The molecular formula is C28H27ClF3N3O5S. The van der Waals surface area contributed by atoms with Crippen LogP contribution in [0, 0.1) is 0 Å². The minimum absolute atomic E-state index is 0.0157. The number of morpholine rings is 1. The molecule has 0 aliphatic carbocycles. The third kappa shape index (κ3) is 6.78. The quantitative estimate of drug-likeness (QED) is 0.323. The number of urea groups is 1. The van der Waals surface area contributed by atoms with Gasteiger partial charge in [-0.25, -0.2) is 13.2 Å². The predicted octanol–water partition coefficient (Wildman–Crippen LogP) is 5.80. The molecule has 2 heterocycles. The van der Waals surface area contributed by atoms with Crippen molar-refractivity contribution < 1.29 is 35.9 Å². The molecule has 0 aromatic heterocycles. The lowest BCUT2D eigenvalue weighted by molar-refractivity contribution is -0.137. The summed E-state index contributed by atoms with van der Waals surface area (Å²) < 4.78 is 78.7. The maximum Gasteiger partial charge on any atom is 0.416 e. The number of hydrogen-bond acceptors (Lipinski definition) is 5. The summed E-state index contributed by atoms with van der Waals surface area (Å²) in [6.45, 7) is 0.972. The van der Waals surface area contributed by atoms with E-state index < -0.39 is 33.8 Å². The van der Waals surface area contributed by atoms with Gasteiger partial charge in [0, 0.05) is 36.9 Å². The summed E-state index contributed by atoms with van der Waals surface area (Å²) in [5, 5.41) is 0.558. The maximum absolute atomic E-state index is 13.6. The summed E-state index contributed by atoms with van der Waals surface area (Å²) in [5.74, 6) is 0.719. The second-order valence-electron chi connectivity index (χ2n) is 9.61. The molecule has 1 unspecified atom stereocenters. The van der Waals surface area contributed by atoms with Crippen molar-refractivity contribution in [2.24, 2.45) is 0 Å². The zero-order chi connectivity index (χ0) is 29.2. The topological polar surface area (TPSA) is 79.4 Å². The molecule has 0 bridgehead atoms. The highest BCUT2D eigenvalue weighted by Gasteiger charge is 2.41. The van der Waals surface area contributed by atoms with Crippen LogP contribution in [-0.2, 0) is 20.9 Å². The number of anilines is 1. The largest absolute Gasteiger partial charge is 0.457 e. The van der Waals surface area contributed by atoms with E-state index in [4.69, 9.17) is 21.1 Å². The Labute approximate surface area is 240 Å². The van der Waals surface area contributed by atoms with Crippen molar-refractivity contribution in [1.82, 2.24) is 9.21 Å². The van der Waals surface area contributed by atoms with Crippen molar-refractivity contribution >= 4 is 33.3 Å². The van der Waals surface area contributed by atoms with Crippen LogP contribution in [0.4, 0.5) is 23.7 Å². The molecule has 3 aromatic carbocycles. The van der Waals surface area contributed by atoms with Crippen LogP contribution in [0.2, 0.25) is 5.02 Å². The second kappa shape index (κ2) is 11.9. The molecule has 8 nitrogen and oxygen atoms in total. The van der Waals surface area contributed by atoms with Crippen molar-refractivity contribution in [2.45, 2.75) is 12.2 Å². The molecule has 0 spiro atoms. The second-order valence-corrected chi connectivity index (χ2v) is 12.1. The van der Waals surface area contributed by atoms with Crippen LogP contribution in [-0.4, -0.2) is 68.8 Å². The summed E-state index contributed by atoms with van der Waals surface area (Å²) in [5.41, 5.74) is -0.116. The lowest BCUT2D eigenvalue weighted by Gasteiger charge is -2.27. The van der Waals surface area contributed by atoms with E-state index in [9.17, 15) is 26.4 Å². The number of nitrogens with zero attached hydrogens (tertiary/aromatic N) is 3. The Balaban J connectivity index is 1.40. The Morgan fingerprint density at radius 1 is 0.951 bits per heavy atom. The van der Waals surface area contributed by atoms with Gasteiger partial charge < -0.3 is 14.4 Å². The zero-order valence-corrected chi connectivity index (χ0v) is 23.3. The summed E-state index contributed by atoms with van der Waals surface area (Å²) in [4.78, 5) is 16.4. The van der Waals surface area contributed by atoms with E-state index in [1.807, 2.05) is 0 Å². The minimum Gasteiger partial charge on any atom is -0.457 e. The Hall–Kier alpha value is -3.32. The first-order valence-electron chi connectivity index (χ1n) is 12.9. The Bertz CT molecular complexity index is 1480. The van der Waals surface area contributed by atoms with Gasteiger partial charge in [0.1, 0.15) is 11.5 Å². The summed E-state index contributed by atoms with van der Waals surface area (Å²) >= 11 is 5.92. The molecule has 2 aliphatic rings. The fourth-order valence-electron chi connectivity index (χ4n) is 4.80. The average Bonchev–Trinajstić information content (AvgIpc) is 3.29. The van der Waals surface area contributed by atoms with E-state index >= 15 is 0 Å². The number of carbonyl (C=O) groups excluding carboxylic acids is 1. The summed E-state index contributed by atoms with van der Waals surface area (Å²) in [7, 11) is -3.66. The van der Waals surface area contributed by atoms with E-state index in [1.165, 1.54) is 26.2 Å². The maximum atomic E-state index is 13.6. The molecule has 0 N–H and O–H groups in total. The molecule has 0 saturated carbocycles. The number of rotatable bonds is 8. The van der Waals surface area contributed by atoms with Crippen molar-refractivity contribution in [2.75, 3.05) is 50.0 Å². The van der Waals surface area contributed by atoms with Crippen LogP contribution in [0.1, 0.15) is 17.2 Å². The number of halogens is 4. The van der Waals surface area contributed by atoms with Crippen molar-refractivity contribution in [1.29, 1.82) is 0 Å². The Morgan fingerprint density at radius 2 is 1.59 bits per heavy atom. The first-order valence-corrected chi connectivity index (χ1v) is 14.8. The van der Waals surface area contributed by atoms with Gasteiger partial charge in [0.05, 0.1) is 30.6 Å². The first-order chi connectivity index (χ1) is 19.5. The van der Waals surface area contributed by atoms with Crippen LogP contribution in [0.5, 0.6) is 11.5 Å². The lowest BCUT2D eigenvalue weighted by atomic mass is 10.0. The number of alkyl halides is 3. The third-order valence-electron chi connectivity index (χ3n) is 6.93. The Morgan fingerprint density at radius 3 is 2.22 bits per heavy atom. The molecule has 13 heteroatoms. The Kier molecular flexibility index (Phi) is 8.46. The van der Waals surface area contributed by atoms with E-state index in [2.05, 4.69) is 0 Å². The number of hydrogen-bond donors (Lipinski definition) is 0. The predicted molar refractivity (Wildman–Crippen MR) is 148 cm³/mol. The van der Waals surface area contributed by atoms with Crippen LogP contribution < -0.4 is 9.64 Å². The molecule has 2 fully saturated rings. The smallest absolute Gasteiger partial charge is 0.416 e. The van der Waals surface area contributed by atoms with Gasteiger partial charge in [0.2, 0.25) is 10.0 Å². The standard InChI is InChI=1S/C28H27ClF3N3O5S/c29-22-4-8-24(9-5-22)40-25-10-6-23(7-11-25)35-26(20-2-1-3-21(18-20)28(30,31)32)19-33(27(35)36)14-17-41(37,38)34-12-15-39-16-13-34/h1-11,18,26H,12-17,19H2. The molecule has 2 amide bonds. The third-order valence-corrected chi connectivity index (χ3v) is 9.03. The molecule has 5 rings (SSSR count). The van der Waals surface area contributed by atoms with Gasteiger partial charge in [0.25, 0.3) is 0 Å². The van der Waals surface area contributed by atoms with E-state index in [0.29, 0.717) is 35.4 Å². The van der Waals surface area contributed by atoms with Gasteiger partial charge in [-0.1, -0.05) is 23.7 Å². The van der Waals surface area contributed by atoms with Gasteiger partial charge in [-0.05, 0) is 66.2 Å². The molecule has 3 aromatic rings. The molecule has 41 heavy (non-hydrogen) atoms. The molecule has 1 atom stereocenters. The minimum atomic E-state index is -4.56. The molecular weight excluding hydrogens is 583 g/mol. The molecule has 218 valence electrons. The van der Waals surface area contributed by atoms with Gasteiger partial charge >= 0.3 is 12.2 Å². The summed E-state index contributed by atoms with van der Waals surface area (Å²) in [6, 6.07) is 16.9.